The van der Waals surface area contributed by atoms with E-state index in [9.17, 15) is 4.79 Å². The van der Waals surface area contributed by atoms with E-state index in [1.807, 2.05) is 24.6 Å². The molecule has 0 radical (unpaired) electrons. The van der Waals surface area contributed by atoms with Crippen molar-refractivity contribution in [1.82, 2.24) is 15.1 Å². The van der Waals surface area contributed by atoms with Crippen LogP contribution in [0.15, 0.2) is 30.3 Å². The summed E-state index contributed by atoms with van der Waals surface area (Å²) in [6.07, 6.45) is 3.76. The van der Waals surface area contributed by atoms with Crippen molar-refractivity contribution in [1.29, 1.82) is 0 Å². The van der Waals surface area contributed by atoms with Crippen LogP contribution in [0.5, 0.6) is 0 Å². The number of amides is 1. The molecule has 1 unspecified atom stereocenters. The van der Waals surface area contributed by atoms with Crippen molar-refractivity contribution in [2.24, 2.45) is 0 Å². The van der Waals surface area contributed by atoms with Gasteiger partial charge < -0.3 is 5.32 Å². The fraction of sp³-hybridized carbons (Fsp3) is 0.444. The van der Waals surface area contributed by atoms with E-state index in [-0.39, 0.29) is 11.9 Å². The molecule has 1 aliphatic carbocycles. The quantitative estimate of drug-likeness (QED) is 0.942. The number of nitrogens with zero attached hydrogens (tertiary/aromatic N) is 2. The molecule has 1 amide bonds. The third-order valence-electron chi connectivity index (χ3n) is 4.36. The van der Waals surface area contributed by atoms with E-state index in [2.05, 4.69) is 34.7 Å². The second kappa shape index (κ2) is 6.34. The first-order chi connectivity index (χ1) is 10.6. The van der Waals surface area contributed by atoms with Gasteiger partial charge in [-0.25, -0.2) is 0 Å². The molecule has 3 rings (SSSR count). The standard InChI is InChI=1S/C18H23N3O/c1-13-12-14(2)21(20-13)11-10-18(22)19-17-9-5-7-15-6-3-4-8-16(15)17/h3-4,6,8,12,17H,5,7,9-11H2,1-2H3,(H,19,22). The summed E-state index contributed by atoms with van der Waals surface area (Å²) in [7, 11) is 0. The summed E-state index contributed by atoms with van der Waals surface area (Å²) in [5, 5.41) is 7.59. The zero-order valence-electron chi connectivity index (χ0n) is 13.3. The van der Waals surface area contributed by atoms with Crippen LogP contribution < -0.4 is 5.32 Å². The molecule has 0 bridgehead atoms. The fourth-order valence-electron chi connectivity index (χ4n) is 3.28. The minimum atomic E-state index is 0.106. The summed E-state index contributed by atoms with van der Waals surface area (Å²) in [6, 6.07) is 10.6. The number of benzene rings is 1. The van der Waals surface area contributed by atoms with Crippen LogP contribution in [0.1, 0.15) is 47.8 Å². The van der Waals surface area contributed by atoms with E-state index >= 15 is 0 Å². The summed E-state index contributed by atoms with van der Waals surface area (Å²) in [5.41, 5.74) is 4.76. The van der Waals surface area contributed by atoms with E-state index < -0.39 is 0 Å². The van der Waals surface area contributed by atoms with E-state index in [0.29, 0.717) is 13.0 Å². The molecule has 1 N–H and O–H groups in total. The molecule has 22 heavy (non-hydrogen) atoms. The molecule has 1 heterocycles. The topological polar surface area (TPSA) is 46.9 Å². The van der Waals surface area contributed by atoms with Crippen LogP contribution in [0, 0.1) is 13.8 Å². The van der Waals surface area contributed by atoms with Gasteiger partial charge in [-0.15, -0.1) is 0 Å². The highest BCUT2D eigenvalue weighted by molar-refractivity contribution is 5.76. The first kappa shape index (κ1) is 14.8. The highest BCUT2D eigenvalue weighted by Gasteiger charge is 2.21. The predicted octanol–water partition coefficient (Wildman–Crippen LogP) is 3.08. The Hall–Kier alpha value is -2.10. The second-order valence-corrected chi connectivity index (χ2v) is 6.11. The van der Waals surface area contributed by atoms with Gasteiger partial charge in [0, 0.05) is 18.7 Å². The van der Waals surface area contributed by atoms with Crippen LogP contribution in [0.2, 0.25) is 0 Å². The van der Waals surface area contributed by atoms with Gasteiger partial charge in [-0.3, -0.25) is 9.48 Å². The molecule has 0 aliphatic heterocycles. The van der Waals surface area contributed by atoms with Gasteiger partial charge in [0.1, 0.15) is 0 Å². The number of aromatic nitrogens is 2. The van der Waals surface area contributed by atoms with Crippen LogP contribution in [-0.4, -0.2) is 15.7 Å². The van der Waals surface area contributed by atoms with Gasteiger partial charge in [0.15, 0.2) is 0 Å². The molecule has 1 aromatic carbocycles. The normalized spacial score (nSPS) is 17.1. The number of hydrogen-bond acceptors (Lipinski definition) is 2. The Morgan fingerprint density at radius 1 is 1.36 bits per heavy atom. The monoisotopic (exact) mass is 297 g/mol. The Kier molecular flexibility index (Phi) is 4.27. The summed E-state index contributed by atoms with van der Waals surface area (Å²) in [6.45, 7) is 4.64. The van der Waals surface area contributed by atoms with Crippen molar-refractivity contribution in [2.45, 2.75) is 52.1 Å². The Morgan fingerprint density at radius 2 is 2.18 bits per heavy atom. The van der Waals surface area contributed by atoms with Crippen molar-refractivity contribution in [3.63, 3.8) is 0 Å². The van der Waals surface area contributed by atoms with E-state index in [4.69, 9.17) is 0 Å². The molecule has 0 fully saturated rings. The molecule has 1 aromatic heterocycles. The maximum atomic E-state index is 12.3. The number of aryl methyl sites for hydroxylation is 4. The molecule has 2 aromatic rings. The first-order valence-corrected chi connectivity index (χ1v) is 8.01. The van der Waals surface area contributed by atoms with Gasteiger partial charge in [0.25, 0.3) is 0 Å². The highest BCUT2D eigenvalue weighted by Crippen LogP contribution is 2.29. The maximum Gasteiger partial charge on any atom is 0.222 e. The number of carbonyl (C=O) groups is 1. The minimum absolute atomic E-state index is 0.106. The summed E-state index contributed by atoms with van der Waals surface area (Å²) < 4.78 is 1.91. The number of fused-ring (bicyclic) bond motifs is 1. The second-order valence-electron chi connectivity index (χ2n) is 6.11. The van der Waals surface area contributed by atoms with E-state index in [1.165, 1.54) is 11.1 Å². The number of nitrogens with one attached hydrogen (secondary N) is 1. The van der Waals surface area contributed by atoms with Crippen molar-refractivity contribution >= 4 is 5.91 Å². The lowest BCUT2D eigenvalue weighted by molar-refractivity contribution is -0.122. The lowest BCUT2D eigenvalue weighted by atomic mass is 9.88. The smallest absolute Gasteiger partial charge is 0.222 e. The third-order valence-corrected chi connectivity index (χ3v) is 4.36. The molecule has 4 nitrogen and oxygen atoms in total. The zero-order valence-corrected chi connectivity index (χ0v) is 13.3. The van der Waals surface area contributed by atoms with Gasteiger partial charge in [0.05, 0.1) is 11.7 Å². The molecule has 0 spiro atoms. The lowest BCUT2D eigenvalue weighted by Crippen LogP contribution is -2.31. The molecule has 116 valence electrons. The van der Waals surface area contributed by atoms with Crippen molar-refractivity contribution < 1.29 is 4.79 Å². The van der Waals surface area contributed by atoms with Gasteiger partial charge in [-0.2, -0.15) is 5.10 Å². The molecule has 0 saturated carbocycles. The Labute approximate surface area is 131 Å². The molecular weight excluding hydrogens is 274 g/mol. The molecule has 1 atom stereocenters. The summed E-state index contributed by atoms with van der Waals surface area (Å²) in [4.78, 5) is 12.3. The van der Waals surface area contributed by atoms with Crippen LogP contribution in [0.25, 0.3) is 0 Å². The largest absolute Gasteiger partial charge is 0.349 e. The maximum absolute atomic E-state index is 12.3. The number of hydrogen-bond donors (Lipinski definition) is 1. The van der Waals surface area contributed by atoms with Crippen LogP contribution in [-0.2, 0) is 17.8 Å². The van der Waals surface area contributed by atoms with Crippen LogP contribution in [0.3, 0.4) is 0 Å². The third kappa shape index (κ3) is 3.21. The molecule has 4 heteroatoms. The average Bonchev–Trinajstić information content (AvgIpc) is 2.83. The zero-order chi connectivity index (χ0) is 15.5. The Balaban J connectivity index is 1.60. The number of rotatable bonds is 4. The van der Waals surface area contributed by atoms with Gasteiger partial charge in [0.2, 0.25) is 5.91 Å². The SMILES string of the molecule is Cc1cc(C)n(CCC(=O)NC2CCCc3ccccc32)n1. The average molecular weight is 297 g/mol. The molecule has 1 aliphatic rings. The summed E-state index contributed by atoms with van der Waals surface area (Å²) in [5.74, 6) is 0.106. The van der Waals surface area contributed by atoms with Crippen molar-refractivity contribution in [3.8, 4) is 0 Å². The van der Waals surface area contributed by atoms with Gasteiger partial charge in [-0.05, 0) is 50.3 Å². The van der Waals surface area contributed by atoms with Gasteiger partial charge in [-0.1, -0.05) is 24.3 Å². The van der Waals surface area contributed by atoms with E-state index in [1.54, 1.807) is 0 Å². The van der Waals surface area contributed by atoms with Crippen molar-refractivity contribution in [2.75, 3.05) is 0 Å². The summed E-state index contributed by atoms with van der Waals surface area (Å²) >= 11 is 0. The molecular formula is C18H23N3O. The first-order valence-electron chi connectivity index (χ1n) is 8.01. The fourth-order valence-corrected chi connectivity index (χ4v) is 3.28. The Morgan fingerprint density at radius 3 is 2.95 bits per heavy atom. The van der Waals surface area contributed by atoms with Gasteiger partial charge >= 0.3 is 0 Å². The van der Waals surface area contributed by atoms with Crippen LogP contribution in [0.4, 0.5) is 0 Å². The number of carbonyl (C=O) groups excluding carboxylic acids is 1. The lowest BCUT2D eigenvalue weighted by Gasteiger charge is -2.26. The van der Waals surface area contributed by atoms with Crippen molar-refractivity contribution in [3.05, 3.63) is 52.8 Å². The Bertz CT molecular complexity index is 675. The van der Waals surface area contributed by atoms with Crippen LogP contribution >= 0.6 is 0 Å². The predicted molar refractivity (Wildman–Crippen MR) is 86.6 cm³/mol. The molecule has 0 saturated heterocycles. The highest BCUT2D eigenvalue weighted by atomic mass is 16.1. The minimum Gasteiger partial charge on any atom is -0.349 e. The van der Waals surface area contributed by atoms with E-state index in [0.717, 1.165) is 30.7 Å².